The number of hydrogen-bond donors (Lipinski definition) is 1. The summed E-state index contributed by atoms with van der Waals surface area (Å²) in [5.41, 5.74) is 1.86. The number of carbonyl (C=O) groups excluding carboxylic acids is 2. The molecule has 1 N–H and O–H groups in total. The van der Waals surface area contributed by atoms with Gasteiger partial charge in [-0.25, -0.2) is 4.79 Å². The van der Waals surface area contributed by atoms with Gasteiger partial charge in [-0.1, -0.05) is 13.8 Å². The quantitative estimate of drug-likeness (QED) is 0.872. The van der Waals surface area contributed by atoms with E-state index in [1.807, 2.05) is 34.4 Å². The molecule has 0 atom stereocenters. The second-order valence-electron chi connectivity index (χ2n) is 7.35. The van der Waals surface area contributed by atoms with E-state index in [0.29, 0.717) is 26.2 Å². The molecule has 3 amide bonds. The van der Waals surface area contributed by atoms with E-state index >= 15 is 0 Å². The van der Waals surface area contributed by atoms with E-state index in [4.69, 9.17) is 4.74 Å². The highest BCUT2D eigenvalue weighted by molar-refractivity contribution is 5.78. The Hall–Kier alpha value is -2.09. The summed E-state index contributed by atoms with van der Waals surface area (Å²) in [5.74, 6) is 0.178. The van der Waals surface area contributed by atoms with E-state index in [9.17, 15) is 9.59 Å². The van der Waals surface area contributed by atoms with Crippen LogP contribution in [0.2, 0.25) is 0 Å². The van der Waals surface area contributed by atoms with E-state index < -0.39 is 0 Å². The monoisotopic (exact) mass is 363 g/mol. The zero-order valence-electron chi connectivity index (χ0n) is 15.9. The van der Waals surface area contributed by atoms with Crippen molar-refractivity contribution in [2.45, 2.75) is 52.4 Å². The molecule has 144 valence electrons. The summed E-state index contributed by atoms with van der Waals surface area (Å²) in [6, 6.07) is 1.93. The van der Waals surface area contributed by atoms with Crippen molar-refractivity contribution in [2.24, 2.45) is 5.92 Å². The third-order valence-electron chi connectivity index (χ3n) is 5.14. The van der Waals surface area contributed by atoms with Gasteiger partial charge in [-0.15, -0.1) is 0 Å². The van der Waals surface area contributed by atoms with E-state index in [1.165, 1.54) is 0 Å². The second kappa shape index (κ2) is 8.07. The van der Waals surface area contributed by atoms with E-state index in [1.54, 1.807) is 7.11 Å². The number of carbonyl (C=O) groups is 2. The van der Waals surface area contributed by atoms with Gasteiger partial charge >= 0.3 is 6.03 Å². The van der Waals surface area contributed by atoms with Crippen LogP contribution in [-0.2, 0) is 29.2 Å². The van der Waals surface area contributed by atoms with Gasteiger partial charge in [0.05, 0.1) is 37.1 Å². The van der Waals surface area contributed by atoms with Crippen LogP contribution in [0.4, 0.5) is 4.79 Å². The summed E-state index contributed by atoms with van der Waals surface area (Å²) in [6.45, 7) is 7.66. The van der Waals surface area contributed by atoms with Crippen molar-refractivity contribution >= 4 is 11.9 Å². The number of piperidine rings is 1. The van der Waals surface area contributed by atoms with Crippen molar-refractivity contribution in [1.29, 1.82) is 0 Å². The van der Waals surface area contributed by atoms with Crippen LogP contribution in [0.3, 0.4) is 0 Å². The van der Waals surface area contributed by atoms with Gasteiger partial charge in [-0.05, 0) is 18.9 Å². The van der Waals surface area contributed by atoms with Crippen molar-refractivity contribution in [3.8, 4) is 0 Å². The molecule has 2 aliphatic heterocycles. The molecular formula is C18H29N5O3. The Balaban J connectivity index is 1.51. The lowest BCUT2D eigenvalue weighted by Gasteiger charge is -2.31. The molecule has 1 fully saturated rings. The first-order valence-electron chi connectivity index (χ1n) is 9.38. The molecule has 1 aromatic rings. The third kappa shape index (κ3) is 4.17. The molecule has 26 heavy (non-hydrogen) atoms. The minimum Gasteiger partial charge on any atom is -0.381 e. The van der Waals surface area contributed by atoms with Crippen LogP contribution in [0, 0.1) is 5.92 Å². The summed E-state index contributed by atoms with van der Waals surface area (Å²) >= 11 is 0. The maximum absolute atomic E-state index is 12.3. The molecular weight excluding hydrogens is 334 g/mol. The maximum atomic E-state index is 12.3. The van der Waals surface area contributed by atoms with Gasteiger partial charge < -0.3 is 19.9 Å². The highest BCUT2D eigenvalue weighted by atomic mass is 16.5. The molecule has 0 aromatic carbocycles. The lowest BCUT2D eigenvalue weighted by molar-refractivity contribution is -0.136. The molecule has 3 heterocycles. The molecule has 0 aliphatic carbocycles. The summed E-state index contributed by atoms with van der Waals surface area (Å²) < 4.78 is 7.28. The molecule has 0 spiro atoms. The topological polar surface area (TPSA) is 79.7 Å². The van der Waals surface area contributed by atoms with Crippen LogP contribution in [0.25, 0.3) is 0 Å². The van der Waals surface area contributed by atoms with Crippen molar-refractivity contribution in [2.75, 3.05) is 26.7 Å². The minimum absolute atomic E-state index is 0.00507. The van der Waals surface area contributed by atoms with Crippen LogP contribution in [0.15, 0.2) is 6.07 Å². The lowest BCUT2D eigenvalue weighted by atomic mass is 10.1. The maximum Gasteiger partial charge on any atom is 0.317 e. The number of aromatic nitrogens is 2. The Morgan fingerprint density at radius 2 is 1.96 bits per heavy atom. The summed E-state index contributed by atoms with van der Waals surface area (Å²) in [5, 5.41) is 7.51. The molecule has 0 radical (unpaired) electrons. The molecule has 1 aromatic heterocycles. The molecule has 8 heteroatoms. The van der Waals surface area contributed by atoms with Crippen molar-refractivity contribution < 1.29 is 14.3 Å². The Labute approximate surface area is 154 Å². The predicted octanol–water partition coefficient (Wildman–Crippen LogP) is 1.20. The average Bonchev–Trinajstić information content (AvgIpc) is 3.07. The number of urea groups is 1. The third-order valence-corrected chi connectivity index (χ3v) is 5.14. The molecule has 0 unspecified atom stereocenters. The normalized spacial score (nSPS) is 18.2. The number of rotatable bonds is 4. The first kappa shape index (κ1) is 18.7. The largest absolute Gasteiger partial charge is 0.381 e. The van der Waals surface area contributed by atoms with E-state index in [0.717, 1.165) is 37.3 Å². The van der Waals surface area contributed by atoms with Gasteiger partial charge in [0, 0.05) is 32.7 Å². The zero-order chi connectivity index (χ0) is 18.7. The smallest absolute Gasteiger partial charge is 0.317 e. The summed E-state index contributed by atoms with van der Waals surface area (Å²) in [4.78, 5) is 28.2. The van der Waals surface area contributed by atoms with E-state index in [-0.39, 0.29) is 24.0 Å². The highest BCUT2D eigenvalue weighted by Crippen LogP contribution is 2.16. The van der Waals surface area contributed by atoms with Gasteiger partial charge in [0.2, 0.25) is 5.91 Å². The van der Waals surface area contributed by atoms with Crippen molar-refractivity contribution in [1.82, 2.24) is 24.9 Å². The van der Waals surface area contributed by atoms with E-state index in [2.05, 4.69) is 10.4 Å². The molecule has 0 saturated carbocycles. The number of nitrogens with one attached hydrogen (secondary N) is 1. The average molecular weight is 363 g/mol. The second-order valence-corrected chi connectivity index (χ2v) is 7.35. The number of nitrogens with zero attached hydrogens (tertiary/aromatic N) is 4. The van der Waals surface area contributed by atoms with Crippen LogP contribution < -0.4 is 5.32 Å². The first-order valence-corrected chi connectivity index (χ1v) is 9.38. The molecule has 3 rings (SSSR count). The first-order chi connectivity index (χ1) is 12.5. The van der Waals surface area contributed by atoms with Gasteiger partial charge in [-0.2, -0.15) is 5.10 Å². The van der Waals surface area contributed by atoms with Crippen LogP contribution in [-0.4, -0.2) is 64.4 Å². The highest BCUT2D eigenvalue weighted by Gasteiger charge is 2.25. The van der Waals surface area contributed by atoms with Crippen LogP contribution in [0.1, 0.15) is 38.1 Å². The Kier molecular flexibility index (Phi) is 5.80. The fourth-order valence-electron chi connectivity index (χ4n) is 3.54. The fraction of sp³-hybridized carbons (Fsp3) is 0.722. The fourth-order valence-corrected chi connectivity index (χ4v) is 3.54. The van der Waals surface area contributed by atoms with Gasteiger partial charge in [0.25, 0.3) is 0 Å². The standard InChI is InChI=1S/C18H29N5O3/c1-13(2)17(24)22-8-9-23-15(12-22)10-14(20-23)11-19-18(25)21-6-4-16(26-3)5-7-21/h10,13,16H,4-9,11-12H2,1-3H3,(H,19,25). The Bertz CT molecular complexity index is 649. The van der Waals surface area contributed by atoms with Crippen molar-refractivity contribution in [3.05, 3.63) is 17.5 Å². The van der Waals surface area contributed by atoms with Crippen LogP contribution >= 0.6 is 0 Å². The molecule has 8 nitrogen and oxygen atoms in total. The van der Waals surface area contributed by atoms with Crippen LogP contribution in [0.5, 0.6) is 0 Å². The molecule has 0 bridgehead atoms. The Morgan fingerprint density at radius 3 is 2.62 bits per heavy atom. The number of amides is 3. The number of methoxy groups -OCH3 is 1. The number of likely N-dealkylation sites (tertiary alicyclic amines) is 1. The van der Waals surface area contributed by atoms with Gasteiger partial charge in [0.1, 0.15) is 0 Å². The lowest BCUT2D eigenvalue weighted by Crippen LogP contribution is -2.45. The minimum atomic E-state index is -0.0536. The zero-order valence-corrected chi connectivity index (χ0v) is 15.9. The summed E-state index contributed by atoms with van der Waals surface area (Å²) in [6.07, 6.45) is 2.01. The van der Waals surface area contributed by atoms with Gasteiger partial charge in [0.15, 0.2) is 0 Å². The SMILES string of the molecule is COC1CCN(C(=O)NCc2cc3n(n2)CCN(C(=O)C(C)C)C3)CC1. The molecule has 2 aliphatic rings. The number of fused-ring (bicyclic) bond motifs is 1. The predicted molar refractivity (Wildman–Crippen MR) is 96.3 cm³/mol. The Morgan fingerprint density at radius 1 is 1.23 bits per heavy atom. The van der Waals surface area contributed by atoms with Crippen molar-refractivity contribution in [3.63, 3.8) is 0 Å². The summed E-state index contributed by atoms with van der Waals surface area (Å²) in [7, 11) is 1.72. The number of ether oxygens (including phenoxy) is 1. The molecule has 1 saturated heterocycles. The van der Waals surface area contributed by atoms with Gasteiger partial charge in [-0.3, -0.25) is 9.48 Å². The number of hydrogen-bond acceptors (Lipinski definition) is 4.